The minimum Gasteiger partial charge on any atom is -0.495 e. The molecule has 192 valence electrons. The largest absolute Gasteiger partial charge is 0.495 e. The van der Waals surface area contributed by atoms with E-state index in [1.165, 1.54) is 15.3 Å². The number of morpholine rings is 1. The molecule has 0 unspecified atom stereocenters. The molecule has 3 aromatic rings. The molecule has 5 rings (SSSR count). The first-order valence-corrected chi connectivity index (χ1v) is 13.7. The standard InChI is InChI=1S/C26H32ClN5O3S/c1-16-4-6-18-21(12-16)36-26-24(18)25(29-22(30-26)14-32-8-10-35-11-9-32)31(2)15-23(33)28-19-13-17(27)5-7-20(19)34-3/h5,7,13,16H,4,6,8-12,14-15H2,1-3H3,(H,28,33)/p+1/t16-/m1/s1. The van der Waals surface area contributed by atoms with Crippen LogP contribution in [0.2, 0.25) is 5.02 Å². The lowest BCUT2D eigenvalue weighted by Gasteiger charge is -2.24. The summed E-state index contributed by atoms with van der Waals surface area (Å²) in [5.74, 6) is 2.74. The van der Waals surface area contributed by atoms with E-state index in [9.17, 15) is 4.79 Å². The van der Waals surface area contributed by atoms with Crippen LogP contribution in [0.15, 0.2) is 18.2 Å². The number of carbonyl (C=O) groups is 1. The maximum atomic E-state index is 13.1. The van der Waals surface area contributed by atoms with Gasteiger partial charge in [-0.05, 0) is 48.9 Å². The number of quaternary nitrogens is 1. The number of likely N-dealkylation sites (N-methyl/N-ethyl adjacent to an activating group) is 1. The number of benzene rings is 1. The van der Waals surface area contributed by atoms with Crippen molar-refractivity contribution in [3.63, 3.8) is 0 Å². The van der Waals surface area contributed by atoms with Gasteiger partial charge in [0.1, 0.15) is 36.0 Å². The zero-order chi connectivity index (χ0) is 25.2. The SMILES string of the molecule is COc1ccc(Cl)cc1NC(=O)CN(C)c1nc(C[NH+]2CCOCC2)nc2sc3c(c12)CC[C@@H](C)C3. The summed E-state index contributed by atoms with van der Waals surface area (Å²) in [6.07, 6.45) is 3.27. The van der Waals surface area contributed by atoms with Gasteiger partial charge >= 0.3 is 0 Å². The molecule has 0 bridgehead atoms. The Labute approximate surface area is 220 Å². The highest BCUT2D eigenvalue weighted by molar-refractivity contribution is 7.19. The Bertz CT molecular complexity index is 1260. The summed E-state index contributed by atoms with van der Waals surface area (Å²) >= 11 is 7.94. The monoisotopic (exact) mass is 530 g/mol. The van der Waals surface area contributed by atoms with Crippen molar-refractivity contribution in [2.75, 3.05) is 57.2 Å². The van der Waals surface area contributed by atoms with E-state index in [2.05, 4.69) is 12.2 Å². The Morgan fingerprint density at radius 1 is 1.33 bits per heavy atom. The molecule has 2 aliphatic rings. The molecule has 2 N–H and O–H groups in total. The molecule has 8 nitrogen and oxygen atoms in total. The molecule has 1 fully saturated rings. The van der Waals surface area contributed by atoms with Crippen molar-refractivity contribution in [3.8, 4) is 5.75 Å². The number of methoxy groups -OCH3 is 1. The molecule has 1 aromatic carbocycles. The second-order valence-electron chi connectivity index (χ2n) is 9.78. The number of rotatable bonds is 7. The van der Waals surface area contributed by atoms with Crippen LogP contribution in [-0.4, -0.2) is 62.9 Å². The van der Waals surface area contributed by atoms with E-state index in [1.807, 2.05) is 11.9 Å². The number of hydrogen-bond donors (Lipinski definition) is 2. The van der Waals surface area contributed by atoms with Gasteiger partial charge in [-0.1, -0.05) is 18.5 Å². The van der Waals surface area contributed by atoms with Crippen molar-refractivity contribution < 1.29 is 19.2 Å². The van der Waals surface area contributed by atoms with E-state index in [1.54, 1.807) is 36.6 Å². The zero-order valence-corrected chi connectivity index (χ0v) is 22.6. The summed E-state index contributed by atoms with van der Waals surface area (Å²) in [6.45, 7) is 6.65. The molecule has 0 spiro atoms. The molecule has 1 atom stereocenters. The van der Waals surface area contributed by atoms with Gasteiger partial charge in [-0.2, -0.15) is 0 Å². The van der Waals surface area contributed by atoms with Gasteiger partial charge in [-0.3, -0.25) is 4.79 Å². The molecule has 0 saturated carbocycles. The van der Waals surface area contributed by atoms with E-state index in [4.69, 9.17) is 31.0 Å². The molecule has 3 heterocycles. The predicted molar refractivity (Wildman–Crippen MR) is 144 cm³/mol. The van der Waals surface area contributed by atoms with E-state index >= 15 is 0 Å². The summed E-state index contributed by atoms with van der Waals surface area (Å²) in [5, 5.41) is 4.59. The molecular weight excluding hydrogens is 498 g/mol. The van der Waals surface area contributed by atoms with Crippen molar-refractivity contribution in [1.29, 1.82) is 0 Å². The summed E-state index contributed by atoms with van der Waals surface area (Å²) in [4.78, 5) is 28.9. The fourth-order valence-electron chi connectivity index (χ4n) is 5.04. The summed E-state index contributed by atoms with van der Waals surface area (Å²) < 4.78 is 10.9. The number of halogens is 1. The quantitative estimate of drug-likeness (QED) is 0.489. The Balaban J connectivity index is 1.44. The number of carbonyl (C=O) groups excluding carboxylic acids is 1. The van der Waals surface area contributed by atoms with Crippen LogP contribution in [0.4, 0.5) is 11.5 Å². The number of fused-ring (bicyclic) bond motifs is 3. The number of hydrogen-bond acceptors (Lipinski definition) is 7. The maximum absolute atomic E-state index is 13.1. The molecular formula is C26H33ClN5O3S+. The van der Waals surface area contributed by atoms with Gasteiger partial charge < -0.3 is 24.6 Å². The fourth-order valence-corrected chi connectivity index (χ4v) is 6.61. The van der Waals surface area contributed by atoms with Gasteiger partial charge in [-0.15, -0.1) is 11.3 Å². The van der Waals surface area contributed by atoms with Crippen molar-refractivity contribution in [3.05, 3.63) is 39.5 Å². The molecule has 36 heavy (non-hydrogen) atoms. The first-order valence-electron chi connectivity index (χ1n) is 12.5. The van der Waals surface area contributed by atoms with Crippen LogP contribution in [0.1, 0.15) is 29.6 Å². The Kier molecular flexibility index (Phi) is 7.62. The third-order valence-electron chi connectivity index (χ3n) is 6.97. The molecule has 10 heteroatoms. The highest BCUT2D eigenvalue weighted by atomic mass is 35.5. The Morgan fingerprint density at radius 2 is 2.14 bits per heavy atom. The highest BCUT2D eigenvalue weighted by Gasteiger charge is 2.27. The zero-order valence-electron chi connectivity index (χ0n) is 21.0. The predicted octanol–water partition coefficient (Wildman–Crippen LogP) is 2.97. The van der Waals surface area contributed by atoms with Gasteiger partial charge in [-0.25, -0.2) is 9.97 Å². The van der Waals surface area contributed by atoms with Crippen LogP contribution in [0.25, 0.3) is 10.2 Å². The normalized spacial score (nSPS) is 18.2. The van der Waals surface area contributed by atoms with E-state index in [-0.39, 0.29) is 12.5 Å². The topological polar surface area (TPSA) is 81.0 Å². The third kappa shape index (κ3) is 5.44. The van der Waals surface area contributed by atoms with Crippen LogP contribution in [0.3, 0.4) is 0 Å². The number of aromatic nitrogens is 2. The number of nitrogens with zero attached hydrogens (tertiary/aromatic N) is 3. The number of amides is 1. The smallest absolute Gasteiger partial charge is 0.244 e. The van der Waals surface area contributed by atoms with Crippen molar-refractivity contribution in [2.24, 2.45) is 5.92 Å². The molecule has 1 saturated heterocycles. The van der Waals surface area contributed by atoms with E-state index in [0.717, 1.165) is 74.0 Å². The Hall–Kier alpha value is -2.46. The van der Waals surface area contributed by atoms with Crippen LogP contribution >= 0.6 is 22.9 Å². The summed E-state index contributed by atoms with van der Waals surface area (Å²) in [5.41, 5.74) is 1.91. The van der Waals surface area contributed by atoms with Crippen molar-refractivity contribution in [2.45, 2.75) is 32.7 Å². The van der Waals surface area contributed by atoms with Gasteiger partial charge in [0.15, 0.2) is 5.82 Å². The number of nitrogens with one attached hydrogen (secondary N) is 2. The lowest BCUT2D eigenvalue weighted by atomic mass is 9.89. The number of ether oxygens (including phenoxy) is 2. The molecule has 0 radical (unpaired) electrons. The van der Waals surface area contributed by atoms with Gasteiger partial charge in [0, 0.05) is 16.9 Å². The lowest BCUT2D eigenvalue weighted by Crippen LogP contribution is -3.12. The fraction of sp³-hybridized carbons (Fsp3) is 0.500. The summed E-state index contributed by atoms with van der Waals surface area (Å²) in [7, 11) is 3.50. The van der Waals surface area contributed by atoms with E-state index < -0.39 is 0 Å². The lowest BCUT2D eigenvalue weighted by molar-refractivity contribution is -0.922. The van der Waals surface area contributed by atoms with E-state index in [0.29, 0.717) is 22.4 Å². The van der Waals surface area contributed by atoms with Crippen LogP contribution in [-0.2, 0) is 28.9 Å². The van der Waals surface area contributed by atoms with Crippen molar-refractivity contribution in [1.82, 2.24) is 9.97 Å². The second kappa shape index (κ2) is 10.9. The molecule has 1 amide bonds. The first-order chi connectivity index (χ1) is 17.4. The third-order valence-corrected chi connectivity index (χ3v) is 8.35. The number of thiophene rings is 1. The minimum absolute atomic E-state index is 0.145. The van der Waals surface area contributed by atoms with Crippen molar-refractivity contribution >= 4 is 50.6 Å². The number of aryl methyl sites for hydroxylation is 1. The molecule has 1 aliphatic carbocycles. The average molecular weight is 531 g/mol. The second-order valence-corrected chi connectivity index (χ2v) is 11.3. The van der Waals surface area contributed by atoms with Crippen LogP contribution in [0.5, 0.6) is 5.75 Å². The summed E-state index contributed by atoms with van der Waals surface area (Å²) in [6, 6.07) is 5.17. The van der Waals surface area contributed by atoms with Gasteiger partial charge in [0.25, 0.3) is 0 Å². The highest BCUT2D eigenvalue weighted by Crippen LogP contribution is 2.40. The molecule has 1 aliphatic heterocycles. The first kappa shape index (κ1) is 25.2. The van der Waals surface area contributed by atoms with Crippen LogP contribution < -0.4 is 19.9 Å². The minimum atomic E-state index is -0.164. The van der Waals surface area contributed by atoms with Gasteiger partial charge in [0.05, 0.1) is 37.9 Å². The Morgan fingerprint density at radius 3 is 2.92 bits per heavy atom. The maximum Gasteiger partial charge on any atom is 0.244 e. The number of anilines is 2. The average Bonchev–Trinajstić information content (AvgIpc) is 3.21. The van der Waals surface area contributed by atoms with Crippen LogP contribution in [0, 0.1) is 5.92 Å². The van der Waals surface area contributed by atoms with Gasteiger partial charge in [0.2, 0.25) is 5.91 Å². The molecule has 2 aromatic heterocycles.